The lowest BCUT2D eigenvalue weighted by Gasteiger charge is -1.96. The molecule has 3 nitrogen and oxygen atoms in total. The molecule has 0 aromatic heterocycles. The minimum absolute atomic E-state index is 0.308. The minimum atomic E-state index is -0.512. The maximum Gasteiger partial charge on any atom is 0.335 e. The molecular formula is C5H7NO2. The molecule has 0 spiro atoms. The van der Waals surface area contributed by atoms with Gasteiger partial charge in [-0.3, -0.25) is 5.73 Å². The molecule has 0 radical (unpaired) electrons. The van der Waals surface area contributed by atoms with Gasteiger partial charge in [-0.25, -0.2) is 4.79 Å². The van der Waals surface area contributed by atoms with E-state index in [1.807, 2.05) is 0 Å². The van der Waals surface area contributed by atoms with Crippen LogP contribution in [0.4, 0.5) is 0 Å². The molecule has 2 N–H and O–H groups in total. The molecule has 0 bridgehead atoms. The number of esters is 1. The van der Waals surface area contributed by atoms with Crippen LogP contribution in [0.25, 0.3) is 0 Å². The smallest absolute Gasteiger partial charge is 0.335 e. The Balaban J connectivity index is 2.73. The number of carbonyl (C=O) groups excluding carboxylic acids is 1. The van der Waals surface area contributed by atoms with Crippen molar-refractivity contribution in [2.75, 3.05) is 0 Å². The van der Waals surface area contributed by atoms with E-state index in [9.17, 15) is 4.79 Å². The SMILES string of the molecule is CC1=CC(N)OC1=O. The van der Waals surface area contributed by atoms with Crippen molar-refractivity contribution in [1.29, 1.82) is 0 Å². The van der Waals surface area contributed by atoms with Gasteiger partial charge in [0.15, 0.2) is 6.23 Å². The number of hydrogen-bond acceptors (Lipinski definition) is 3. The fraction of sp³-hybridized carbons (Fsp3) is 0.400. The molecule has 1 unspecified atom stereocenters. The van der Waals surface area contributed by atoms with Crippen LogP contribution in [0.1, 0.15) is 6.92 Å². The van der Waals surface area contributed by atoms with Crippen molar-refractivity contribution in [2.45, 2.75) is 13.2 Å². The highest BCUT2D eigenvalue weighted by Crippen LogP contribution is 2.07. The molecule has 0 aromatic rings. The molecule has 0 saturated carbocycles. The van der Waals surface area contributed by atoms with E-state index in [1.165, 1.54) is 0 Å². The summed E-state index contributed by atoms with van der Waals surface area (Å²) in [6.07, 6.45) is 1.07. The van der Waals surface area contributed by atoms with E-state index in [4.69, 9.17) is 5.73 Å². The number of rotatable bonds is 0. The molecule has 8 heavy (non-hydrogen) atoms. The average Bonchev–Trinajstić information content (AvgIpc) is 1.85. The molecule has 0 amide bonds. The Morgan fingerprint density at radius 1 is 1.88 bits per heavy atom. The summed E-state index contributed by atoms with van der Waals surface area (Å²) in [6, 6.07) is 0. The zero-order valence-corrected chi connectivity index (χ0v) is 4.55. The minimum Gasteiger partial charge on any atom is -0.440 e. The molecule has 0 aliphatic carbocycles. The topological polar surface area (TPSA) is 52.3 Å². The van der Waals surface area contributed by atoms with E-state index in [0.717, 1.165) is 0 Å². The Bertz CT molecular complexity index is 151. The number of cyclic esters (lactones) is 1. The predicted octanol–water partition coefficient (Wildman–Crippen LogP) is -0.226. The Morgan fingerprint density at radius 2 is 2.50 bits per heavy atom. The highest BCUT2D eigenvalue weighted by Gasteiger charge is 2.17. The Labute approximate surface area is 47.1 Å². The van der Waals surface area contributed by atoms with Gasteiger partial charge in [0.2, 0.25) is 0 Å². The molecule has 1 aliphatic heterocycles. The molecular weight excluding hydrogens is 106 g/mol. The van der Waals surface area contributed by atoms with Gasteiger partial charge in [-0.05, 0) is 13.0 Å². The van der Waals surface area contributed by atoms with Crippen LogP contribution in [0.5, 0.6) is 0 Å². The zero-order valence-electron chi connectivity index (χ0n) is 4.55. The third kappa shape index (κ3) is 0.721. The third-order valence-electron chi connectivity index (χ3n) is 0.979. The molecule has 0 fully saturated rings. The van der Waals surface area contributed by atoms with Gasteiger partial charge >= 0.3 is 5.97 Å². The summed E-state index contributed by atoms with van der Waals surface area (Å²) in [5, 5.41) is 0. The van der Waals surface area contributed by atoms with Crippen LogP contribution in [0.15, 0.2) is 11.6 Å². The summed E-state index contributed by atoms with van der Waals surface area (Å²) in [5.74, 6) is -0.308. The first kappa shape index (κ1) is 5.31. The maximum atomic E-state index is 10.4. The predicted molar refractivity (Wildman–Crippen MR) is 27.8 cm³/mol. The van der Waals surface area contributed by atoms with E-state index >= 15 is 0 Å². The molecule has 3 heteroatoms. The standard InChI is InChI=1S/C5H7NO2/c1-3-2-4(6)8-5(3)7/h2,4H,6H2,1H3. The summed E-state index contributed by atoms with van der Waals surface area (Å²) in [7, 11) is 0. The Kier molecular flexibility index (Phi) is 1.06. The third-order valence-corrected chi connectivity index (χ3v) is 0.979. The van der Waals surface area contributed by atoms with E-state index in [-0.39, 0.29) is 5.97 Å². The quantitative estimate of drug-likeness (QED) is 0.441. The number of ether oxygens (including phenoxy) is 1. The highest BCUT2D eigenvalue weighted by molar-refractivity contribution is 5.90. The normalized spacial score (nSPS) is 27.5. The first-order chi connectivity index (χ1) is 3.70. The van der Waals surface area contributed by atoms with Gasteiger partial charge in [-0.15, -0.1) is 0 Å². The van der Waals surface area contributed by atoms with Crippen molar-refractivity contribution < 1.29 is 9.53 Å². The van der Waals surface area contributed by atoms with Gasteiger partial charge in [0.05, 0.1) is 0 Å². The Morgan fingerprint density at radius 3 is 2.62 bits per heavy atom. The highest BCUT2D eigenvalue weighted by atomic mass is 16.6. The molecule has 1 atom stereocenters. The lowest BCUT2D eigenvalue weighted by molar-refractivity contribution is -0.139. The summed E-state index contributed by atoms with van der Waals surface area (Å²) >= 11 is 0. The van der Waals surface area contributed by atoms with Crippen LogP contribution < -0.4 is 5.73 Å². The second-order valence-corrected chi connectivity index (χ2v) is 1.72. The van der Waals surface area contributed by atoms with E-state index in [0.29, 0.717) is 5.57 Å². The molecule has 0 aromatic carbocycles. The summed E-state index contributed by atoms with van der Waals surface area (Å²) in [5.41, 5.74) is 5.79. The van der Waals surface area contributed by atoms with Crippen molar-refractivity contribution >= 4 is 5.97 Å². The van der Waals surface area contributed by atoms with Gasteiger partial charge < -0.3 is 4.74 Å². The maximum absolute atomic E-state index is 10.4. The largest absolute Gasteiger partial charge is 0.440 e. The fourth-order valence-electron chi connectivity index (χ4n) is 0.565. The average molecular weight is 113 g/mol. The lowest BCUT2D eigenvalue weighted by Crippen LogP contribution is -2.18. The van der Waals surface area contributed by atoms with E-state index < -0.39 is 6.23 Å². The van der Waals surface area contributed by atoms with E-state index in [2.05, 4.69) is 4.74 Å². The monoisotopic (exact) mass is 113 g/mol. The first-order valence-electron chi connectivity index (χ1n) is 2.35. The van der Waals surface area contributed by atoms with Gasteiger partial charge in [0.1, 0.15) is 0 Å². The van der Waals surface area contributed by atoms with Crippen molar-refractivity contribution in [3.05, 3.63) is 11.6 Å². The van der Waals surface area contributed by atoms with Gasteiger partial charge in [0.25, 0.3) is 0 Å². The second kappa shape index (κ2) is 1.59. The number of carbonyl (C=O) groups is 1. The second-order valence-electron chi connectivity index (χ2n) is 1.72. The van der Waals surface area contributed by atoms with Crippen LogP contribution in [0.2, 0.25) is 0 Å². The van der Waals surface area contributed by atoms with Crippen molar-refractivity contribution in [3.63, 3.8) is 0 Å². The number of hydrogen-bond donors (Lipinski definition) is 1. The zero-order chi connectivity index (χ0) is 6.15. The van der Waals surface area contributed by atoms with Crippen LogP contribution in [-0.2, 0) is 9.53 Å². The van der Waals surface area contributed by atoms with Gasteiger partial charge in [0, 0.05) is 5.57 Å². The van der Waals surface area contributed by atoms with Gasteiger partial charge in [-0.1, -0.05) is 0 Å². The summed E-state index contributed by atoms with van der Waals surface area (Å²) in [6.45, 7) is 1.68. The van der Waals surface area contributed by atoms with Crippen LogP contribution in [0, 0.1) is 0 Å². The molecule has 1 rings (SSSR count). The van der Waals surface area contributed by atoms with E-state index in [1.54, 1.807) is 13.0 Å². The molecule has 0 saturated heterocycles. The van der Waals surface area contributed by atoms with Crippen molar-refractivity contribution in [2.24, 2.45) is 5.73 Å². The summed E-state index contributed by atoms with van der Waals surface area (Å²) < 4.78 is 4.52. The molecule has 44 valence electrons. The van der Waals surface area contributed by atoms with Gasteiger partial charge in [-0.2, -0.15) is 0 Å². The van der Waals surface area contributed by atoms with Crippen LogP contribution in [0.3, 0.4) is 0 Å². The Hall–Kier alpha value is -0.830. The first-order valence-corrected chi connectivity index (χ1v) is 2.35. The lowest BCUT2D eigenvalue weighted by atomic mass is 10.3. The summed E-state index contributed by atoms with van der Waals surface area (Å²) in [4.78, 5) is 10.4. The van der Waals surface area contributed by atoms with Crippen LogP contribution in [-0.4, -0.2) is 12.2 Å². The van der Waals surface area contributed by atoms with Crippen molar-refractivity contribution in [3.8, 4) is 0 Å². The van der Waals surface area contributed by atoms with Crippen molar-refractivity contribution in [1.82, 2.24) is 0 Å². The van der Waals surface area contributed by atoms with Crippen LogP contribution >= 0.6 is 0 Å². The molecule has 1 aliphatic rings. The number of nitrogens with two attached hydrogens (primary N) is 1. The fourth-order valence-corrected chi connectivity index (χ4v) is 0.565. The molecule has 1 heterocycles.